The summed E-state index contributed by atoms with van der Waals surface area (Å²) in [6.07, 6.45) is 1.75. The van der Waals surface area contributed by atoms with Crippen molar-refractivity contribution < 1.29 is 4.74 Å². The maximum Gasteiger partial charge on any atom is 0.163 e. The minimum Gasteiger partial charge on any atom is -0.384 e. The molecular weight excluding hydrogens is 404 g/mol. The Kier molecular flexibility index (Phi) is 5.54. The third-order valence-corrected chi connectivity index (χ3v) is 7.29. The van der Waals surface area contributed by atoms with Gasteiger partial charge in [0.25, 0.3) is 0 Å². The highest BCUT2D eigenvalue weighted by Crippen LogP contribution is 2.35. The van der Waals surface area contributed by atoms with E-state index >= 15 is 0 Å². The highest BCUT2D eigenvalue weighted by Gasteiger charge is 2.21. The van der Waals surface area contributed by atoms with E-state index in [2.05, 4.69) is 20.9 Å². The summed E-state index contributed by atoms with van der Waals surface area (Å²) in [5.74, 6) is 4.65. The Hall–Kier alpha value is -1.94. The zero-order valence-electron chi connectivity index (χ0n) is 16.2. The van der Waals surface area contributed by atoms with Gasteiger partial charge in [-0.1, -0.05) is 0 Å². The van der Waals surface area contributed by atoms with Crippen LogP contribution in [0.4, 0.5) is 11.6 Å². The number of nitrogens with two attached hydrogens (primary N) is 1. The lowest BCUT2D eigenvalue weighted by molar-refractivity contribution is 0.122. The van der Waals surface area contributed by atoms with Gasteiger partial charge in [0.2, 0.25) is 0 Å². The van der Waals surface area contributed by atoms with Gasteiger partial charge in [-0.05, 0) is 18.2 Å². The first-order chi connectivity index (χ1) is 14.3. The minimum absolute atomic E-state index is 0.501. The number of anilines is 2. The van der Waals surface area contributed by atoms with Crippen LogP contribution in [-0.4, -0.2) is 70.8 Å². The van der Waals surface area contributed by atoms with Crippen molar-refractivity contribution in [2.24, 2.45) is 0 Å². The molecule has 0 spiro atoms. The number of aromatic nitrogens is 3. The first kappa shape index (κ1) is 19.0. The molecule has 0 aromatic carbocycles. The van der Waals surface area contributed by atoms with Crippen LogP contribution in [0.3, 0.4) is 0 Å². The highest BCUT2D eigenvalue weighted by atomic mass is 32.2. The Morgan fingerprint density at radius 3 is 2.66 bits per heavy atom. The molecule has 0 amide bonds. The molecule has 3 aromatic rings. The van der Waals surface area contributed by atoms with Gasteiger partial charge in [-0.15, -0.1) is 11.3 Å². The Balaban J connectivity index is 1.54. The second kappa shape index (κ2) is 8.43. The third kappa shape index (κ3) is 4.18. The van der Waals surface area contributed by atoms with Crippen LogP contribution in [0.1, 0.15) is 4.88 Å². The summed E-state index contributed by atoms with van der Waals surface area (Å²) in [5.41, 5.74) is 7.65. The average Bonchev–Trinajstić information content (AvgIpc) is 3.17. The van der Waals surface area contributed by atoms with Crippen LogP contribution < -0.4 is 10.6 Å². The van der Waals surface area contributed by atoms with Crippen LogP contribution in [-0.2, 0) is 11.3 Å². The van der Waals surface area contributed by atoms with Crippen molar-refractivity contribution in [1.29, 1.82) is 0 Å². The molecule has 2 saturated heterocycles. The van der Waals surface area contributed by atoms with Crippen LogP contribution in [0.25, 0.3) is 21.6 Å². The molecule has 7 nitrogen and oxygen atoms in total. The number of fused-ring (bicyclic) bond motifs is 1. The first-order valence-corrected chi connectivity index (χ1v) is 11.9. The van der Waals surface area contributed by atoms with Gasteiger partial charge in [0, 0.05) is 60.9 Å². The van der Waals surface area contributed by atoms with E-state index in [0.29, 0.717) is 11.6 Å². The molecule has 0 saturated carbocycles. The number of hydrogen-bond acceptors (Lipinski definition) is 9. The number of thioether (sulfide) groups is 1. The quantitative estimate of drug-likeness (QED) is 0.679. The monoisotopic (exact) mass is 428 g/mol. The molecule has 9 heteroatoms. The molecule has 2 aliphatic heterocycles. The summed E-state index contributed by atoms with van der Waals surface area (Å²) in [4.78, 5) is 20.3. The fourth-order valence-electron chi connectivity index (χ4n) is 3.68. The Morgan fingerprint density at radius 2 is 1.90 bits per heavy atom. The van der Waals surface area contributed by atoms with Crippen LogP contribution in [0.15, 0.2) is 24.4 Å². The Morgan fingerprint density at radius 1 is 1.07 bits per heavy atom. The molecule has 29 heavy (non-hydrogen) atoms. The lowest BCUT2D eigenvalue weighted by atomic mass is 10.2. The summed E-state index contributed by atoms with van der Waals surface area (Å²) in [7, 11) is 0. The van der Waals surface area contributed by atoms with E-state index in [4.69, 9.17) is 20.4 Å². The summed E-state index contributed by atoms with van der Waals surface area (Å²) in [5, 5.41) is 0. The molecule has 5 rings (SSSR count). The lowest BCUT2D eigenvalue weighted by Gasteiger charge is -2.28. The number of rotatable bonds is 4. The van der Waals surface area contributed by atoms with E-state index in [1.54, 1.807) is 12.3 Å². The molecular formula is C20H24N6OS2. The fourth-order valence-corrected chi connectivity index (χ4v) is 5.81. The molecule has 2 N–H and O–H groups in total. The van der Waals surface area contributed by atoms with Gasteiger partial charge in [0.15, 0.2) is 11.6 Å². The van der Waals surface area contributed by atoms with Gasteiger partial charge in [0.05, 0.1) is 23.4 Å². The highest BCUT2D eigenvalue weighted by molar-refractivity contribution is 7.99. The molecule has 0 atom stereocenters. The predicted octanol–water partition coefficient (Wildman–Crippen LogP) is 2.72. The number of pyridine rings is 1. The van der Waals surface area contributed by atoms with Gasteiger partial charge in [-0.2, -0.15) is 11.8 Å². The number of morpholine rings is 1. The van der Waals surface area contributed by atoms with E-state index in [9.17, 15) is 0 Å². The third-order valence-electron chi connectivity index (χ3n) is 5.24. The van der Waals surface area contributed by atoms with Gasteiger partial charge >= 0.3 is 0 Å². The molecule has 0 aliphatic carbocycles. The fraction of sp³-hybridized carbons (Fsp3) is 0.450. The smallest absolute Gasteiger partial charge is 0.163 e. The van der Waals surface area contributed by atoms with Crippen LogP contribution in [0, 0.1) is 0 Å². The average molecular weight is 429 g/mol. The second-order valence-corrected chi connectivity index (χ2v) is 9.62. The van der Waals surface area contributed by atoms with Gasteiger partial charge in [0.1, 0.15) is 5.82 Å². The molecule has 152 valence electrons. The van der Waals surface area contributed by atoms with Crippen molar-refractivity contribution in [2.45, 2.75) is 6.54 Å². The van der Waals surface area contributed by atoms with Crippen molar-refractivity contribution >= 4 is 45.0 Å². The maximum absolute atomic E-state index is 5.76. The van der Waals surface area contributed by atoms with Crippen LogP contribution >= 0.6 is 23.1 Å². The summed E-state index contributed by atoms with van der Waals surface area (Å²) < 4.78 is 6.72. The van der Waals surface area contributed by atoms with Gasteiger partial charge in [-0.25, -0.2) is 15.0 Å². The van der Waals surface area contributed by atoms with E-state index < -0.39 is 0 Å². The number of hydrogen-bond donors (Lipinski definition) is 1. The Bertz CT molecular complexity index is 981. The van der Waals surface area contributed by atoms with Crippen molar-refractivity contribution in [3.8, 4) is 11.4 Å². The molecule has 3 aromatic heterocycles. The van der Waals surface area contributed by atoms with E-state index in [0.717, 1.165) is 62.8 Å². The zero-order valence-corrected chi connectivity index (χ0v) is 17.8. The largest absolute Gasteiger partial charge is 0.384 e. The molecule has 2 aliphatic rings. The van der Waals surface area contributed by atoms with Crippen LogP contribution in [0.2, 0.25) is 0 Å². The Labute approximate surface area is 178 Å². The maximum atomic E-state index is 5.76. The molecule has 0 radical (unpaired) electrons. The lowest BCUT2D eigenvalue weighted by Crippen LogP contribution is -2.36. The summed E-state index contributed by atoms with van der Waals surface area (Å²) in [6, 6.07) is 5.97. The second-order valence-electron chi connectivity index (χ2n) is 7.26. The molecule has 0 bridgehead atoms. The van der Waals surface area contributed by atoms with E-state index in [1.807, 2.05) is 29.2 Å². The molecule has 0 unspecified atom stereocenters. The van der Waals surface area contributed by atoms with Gasteiger partial charge in [-0.3, -0.25) is 4.90 Å². The summed E-state index contributed by atoms with van der Waals surface area (Å²) in [6.45, 7) is 6.46. The predicted molar refractivity (Wildman–Crippen MR) is 121 cm³/mol. The number of nitrogen functional groups attached to an aromatic ring is 1. The SMILES string of the molecule is Nc1ccc(-c2nc(N3CCOCC3)c3sc(CN4CCSCC4)cc3n2)cn1. The first-order valence-electron chi connectivity index (χ1n) is 9.91. The number of ether oxygens (including phenoxy) is 1. The topological polar surface area (TPSA) is 80.4 Å². The van der Waals surface area contributed by atoms with Crippen molar-refractivity contribution in [2.75, 3.05) is 61.5 Å². The number of nitrogens with zero attached hydrogens (tertiary/aromatic N) is 5. The van der Waals surface area contributed by atoms with E-state index in [1.165, 1.54) is 21.1 Å². The summed E-state index contributed by atoms with van der Waals surface area (Å²) >= 11 is 3.87. The number of thiophene rings is 1. The van der Waals surface area contributed by atoms with Crippen molar-refractivity contribution in [3.63, 3.8) is 0 Å². The van der Waals surface area contributed by atoms with E-state index in [-0.39, 0.29) is 0 Å². The standard InChI is InChI=1S/C20H24N6OS2/c21-17-2-1-14(12-22-17)19-23-16-11-15(13-25-5-9-28-10-6-25)29-18(16)20(24-19)26-3-7-27-8-4-26/h1-2,11-12H,3-10,13H2,(H2,21,22). The van der Waals surface area contributed by atoms with Crippen molar-refractivity contribution in [1.82, 2.24) is 19.9 Å². The molecule has 5 heterocycles. The normalized spacial score (nSPS) is 18.4. The van der Waals surface area contributed by atoms with Crippen molar-refractivity contribution in [3.05, 3.63) is 29.3 Å². The van der Waals surface area contributed by atoms with Crippen LogP contribution in [0.5, 0.6) is 0 Å². The molecule has 2 fully saturated rings. The zero-order chi connectivity index (χ0) is 19.6. The minimum atomic E-state index is 0.501. The van der Waals surface area contributed by atoms with Gasteiger partial charge < -0.3 is 15.4 Å².